The number of rotatable bonds is 5. The topological polar surface area (TPSA) is 58.1 Å². The fourth-order valence-electron chi connectivity index (χ4n) is 2.24. The third-order valence-corrected chi connectivity index (χ3v) is 3.33. The molecule has 2 rings (SSSR count). The number of aromatic nitrogens is 2. The summed E-state index contributed by atoms with van der Waals surface area (Å²) in [5.41, 5.74) is 0. The van der Waals surface area contributed by atoms with Crippen molar-refractivity contribution in [1.82, 2.24) is 15.1 Å². The third kappa shape index (κ3) is 4.05. The zero-order chi connectivity index (χ0) is 13.5. The molecule has 0 aromatic carbocycles. The Morgan fingerprint density at radius 2 is 2.32 bits per heavy atom. The molecule has 1 N–H and O–H groups in total. The first kappa shape index (κ1) is 13.5. The minimum atomic E-state index is 0.234. The maximum absolute atomic E-state index is 11.9. The highest BCUT2D eigenvalue weighted by Gasteiger charge is 2.22. The second kappa shape index (κ2) is 6.87. The fourth-order valence-corrected chi connectivity index (χ4v) is 2.24. The smallest absolute Gasteiger partial charge is 0.222 e. The van der Waals surface area contributed by atoms with Crippen molar-refractivity contribution in [3.8, 4) is 0 Å². The largest absolute Gasteiger partial charge is 0.366 e. The van der Waals surface area contributed by atoms with Crippen molar-refractivity contribution in [2.75, 3.05) is 18.4 Å². The van der Waals surface area contributed by atoms with Crippen LogP contribution in [-0.4, -0.2) is 40.1 Å². The molecule has 5 nitrogen and oxygen atoms in total. The minimum absolute atomic E-state index is 0.234. The number of nitrogens with zero attached hydrogens (tertiary/aromatic N) is 3. The van der Waals surface area contributed by atoms with E-state index in [0.29, 0.717) is 12.5 Å². The fraction of sp³-hybridized carbons (Fsp3) is 0.500. The van der Waals surface area contributed by atoms with Crippen LogP contribution >= 0.6 is 0 Å². The predicted molar refractivity (Wildman–Crippen MR) is 74.7 cm³/mol. The van der Waals surface area contributed by atoms with Gasteiger partial charge in [0.05, 0.1) is 0 Å². The SMILES string of the molecule is C=CCCC(=O)N1CCC(Nc2cccnn2)CC1. The van der Waals surface area contributed by atoms with Gasteiger partial charge >= 0.3 is 0 Å². The summed E-state index contributed by atoms with van der Waals surface area (Å²) in [6.07, 6.45) is 6.70. The van der Waals surface area contributed by atoms with Gasteiger partial charge < -0.3 is 10.2 Å². The van der Waals surface area contributed by atoms with Crippen molar-refractivity contribution in [3.05, 3.63) is 31.0 Å². The maximum Gasteiger partial charge on any atom is 0.222 e. The summed E-state index contributed by atoms with van der Waals surface area (Å²) >= 11 is 0. The van der Waals surface area contributed by atoms with Gasteiger partial charge in [0.15, 0.2) is 0 Å². The van der Waals surface area contributed by atoms with Crippen molar-refractivity contribution in [3.63, 3.8) is 0 Å². The van der Waals surface area contributed by atoms with Crippen LogP contribution in [0.15, 0.2) is 31.0 Å². The first-order chi connectivity index (χ1) is 9.29. The van der Waals surface area contributed by atoms with E-state index >= 15 is 0 Å². The molecule has 0 radical (unpaired) electrons. The molecule has 0 spiro atoms. The molecule has 102 valence electrons. The number of hydrogen-bond donors (Lipinski definition) is 1. The average Bonchev–Trinajstić information content (AvgIpc) is 2.46. The van der Waals surface area contributed by atoms with E-state index in [0.717, 1.165) is 38.2 Å². The highest BCUT2D eigenvalue weighted by atomic mass is 16.2. The summed E-state index contributed by atoms with van der Waals surface area (Å²) in [6, 6.07) is 4.15. The van der Waals surface area contributed by atoms with Crippen molar-refractivity contribution < 1.29 is 4.79 Å². The molecule has 0 atom stereocenters. The van der Waals surface area contributed by atoms with Crippen molar-refractivity contribution in [1.29, 1.82) is 0 Å². The Balaban J connectivity index is 1.76. The van der Waals surface area contributed by atoms with E-state index in [2.05, 4.69) is 22.1 Å². The molecule has 0 bridgehead atoms. The number of piperidine rings is 1. The Bertz CT molecular complexity index is 413. The van der Waals surface area contributed by atoms with E-state index in [1.165, 1.54) is 0 Å². The Morgan fingerprint density at radius 3 is 2.95 bits per heavy atom. The third-order valence-electron chi connectivity index (χ3n) is 3.33. The summed E-state index contributed by atoms with van der Waals surface area (Å²) in [6.45, 7) is 5.27. The Labute approximate surface area is 113 Å². The number of hydrogen-bond acceptors (Lipinski definition) is 4. The lowest BCUT2D eigenvalue weighted by atomic mass is 10.0. The molecule has 1 aliphatic heterocycles. The number of carbonyl (C=O) groups excluding carboxylic acids is 1. The van der Waals surface area contributed by atoms with Gasteiger partial charge in [0.2, 0.25) is 5.91 Å². The van der Waals surface area contributed by atoms with E-state index in [4.69, 9.17) is 0 Å². The van der Waals surface area contributed by atoms with Gasteiger partial charge in [0.25, 0.3) is 0 Å². The lowest BCUT2D eigenvalue weighted by Crippen LogP contribution is -2.42. The zero-order valence-corrected chi connectivity index (χ0v) is 11.1. The monoisotopic (exact) mass is 260 g/mol. The Morgan fingerprint density at radius 1 is 1.53 bits per heavy atom. The first-order valence-corrected chi connectivity index (χ1v) is 6.72. The van der Waals surface area contributed by atoms with Crippen LogP contribution < -0.4 is 5.32 Å². The molecule has 0 unspecified atom stereocenters. The van der Waals surface area contributed by atoms with Gasteiger partial charge in [0.1, 0.15) is 5.82 Å². The zero-order valence-electron chi connectivity index (χ0n) is 11.1. The van der Waals surface area contributed by atoms with E-state index in [1.54, 1.807) is 12.3 Å². The Kier molecular flexibility index (Phi) is 4.89. The number of anilines is 1. The van der Waals surface area contributed by atoms with Gasteiger partial charge in [-0.3, -0.25) is 4.79 Å². The predicted octanol–water partition coefficient (Wildman–Crippen LogP) is 1.85. The molecule has 19 heavy (non-hydrogen) atoms. The normalized spacial score (nSPS) is 16.1. The van der Waals surface area contributed by atoms with E-state index < -0.39 is 0 Å². The summed E-state index contributed by atoms with van der Waals surface area (Å²) in [7, 11) is 0. The van der Waals surface area contributed by atoms with E-state index in [-0.39, 0.29) is 5.91 Å². The lowest BCUT2D eigenvalue weighted by molar-refractivity contribution is -0.132. The number of amides is 1. The van der Waals surface area contributed by atoms with Gasteiger partial charge in [-0.15, -0.1) is 11.7 Å². The number of allylic oxidation sites excluding steroid dienone is 1. The molecule has 0 saturated carbocycles. The van der Waals surface area contributed by atoms with E-state index in [9.17, 15) is 4.79 Å². The molecule has 1 aromatic heterocycles. The van der Waals surface area contributed by atoms with Gasteiger partial charge in [0, 0.05) is 31.7 Å². The molecular formula is C14H20N4O. The van der Waals surface area contributed by atoms with Crippen LogP contribution in [0.1, 0.15) is 25.7 Å². The van der Waals surface area contributed by atoms with Crippen LogP contribution in [-0.2, 0) is 4.79 Å². The van der Waals surface area contributed by atoms with Crippen LogP contribution in [0.25, 0.3) is 0 Å². The minimum Gasteiger partial charge on any atom is -0.366 e. The van der Waals surface area contributed by atoms with Crippen LogP contribution in [0.3, 0.4) is 0 Å². The van der Waals surface area contributed by atoms with Crippen molar-refractivity contribution >= 4 is 11.7 Å². The first-order valence-electron chi connectivity index (χ1n) is 6.72. The number of nitrogens with one attached hydrogen (secondary N) is 1. The van der Waals surface area contributed by atoms with Crippen LogP contribution in [0.5, 0.6) is 0 Å². The summed E-state index contributed by atoms with van der Waals surface area (Å²) in [4.78, 5) is 13.8. The molecular weight excluding hydrogens is 240 g/mol. The molecule has 1 fully saturated rings. The molecule has 1 aliphatic rings. The molecule has 1 amide bonds. The van der Waals surface area contributed by atoms with E-state index in [1.807, 2.05) is 17.0 Å². The second-order valence-electron chi connectivity index (χ2n) is 4.74. The quantitative estimate of drug-likeness (QED) is 0.821. The maximum atomic E-state index is 11.9. The lowest BCUT2D eigenvalue weighted by Gasteiger charge is -2.32. The summed E-state index contributed by atoms with van der Waals surface area (Å²) < 4.78 is 0. The van der Waals surface area contributed by atoms with Crippen LogP contribution in [0, 0.1) is 0 Å². The number of carbonyl (C=O) groups is 1. The van der Waals surface area contributed by atoms with Gasteiger partial charge in [-0.05, 0) is 31.4 Å². The molecule has 2 heterocycles. The molecule has 0 aliphatic carbocycles. The summed E-state index contributed by atoms with van der Waals surface area (Å²) in [5.74, 6) is 1.04. The molecule has 1 aromatic rings. The second-order valence-corrected chi connectivity index (χ2v) is 4.74. The standard InChI is InChI=1S/C14H20N4O/c1-2-3-6-14(19)18-10-7-12(8-11-18)16-13-5-4-9-15-17-13/h2,4-5,9,12H,1,3,6-8,10-11H2,(H,16,17). The van der Waals surface area contributed by atoms with Crippen LogP contribution in [0.4, 0.5) is 5.82 Å². The van der Waals surface area contributed by atoms with Gasteiger partial charge in [-0.25, -0.2) is 0 Å². The number of likely N-dealkylation sites (tertiary alicyclic amines) is 1. The summed E-state index contributed by atoms with van der Waals surface area (Å²) in [5, 5.41) is 11.2. The highest BCUT2D eigenvalue weighted by Crippen LogP contribution is 2.15. The Hall–Kier alpha value is -1.91. The van der Waals surface area contributed by atoms with Gasteiger partial charge in [-0.1, -0.05) is 6.08 Å². The van der Waals surface area contributed by atoms with Gasteiger partial charge in [-0.2, -0.15) is 5.10 Å². The van der Waals surface area contributed by atoms with Crippen molar-refractivity contribution in [2.45, 2.75) is 31.7 Å². The highest BCUT2D eigenvalue weighted by molar-refractivity contribution is 5.76. The van der Waals surface area contributed by atoms with Crippen molar-refractivity contribution in [2.24, 2.45) is 0 Å². The molecule has 1 saturated heterocycles. The molecule has 5 heteroatoms. The van der Waals surface area contributed by atoms with Crippen LogP contribution in [0.2, 0.25) is 0 Å². The average molecular weight is 260 g/mol.